The normalized spacial score (nSPS) is 11.3. The molecule has 9 heteroatoms. The zero-order chi connectivity index (χ0) is 13.8. The summed E-state index contributed by atoms with van der Waals surface area (Å²) in [5.41, 5.74) is 4.33. The lowest BCUT2D eigenvalue weighted by molar-refractivity contribution is -0.140. The summed E-state index contributed by atoms with van der Waals surface area (Å²) in [6.45, 7) is -1.77. The largest absolute Gasteiger partial charge is 0.406 e. The molecule has 6 nitrogen and oxygen atoms in total. The van der Waals surface area contributed by atoms with Gasteiger partial charge in [0.15, 0.2) is 0 Å². The summed E-state index contributed by atoms with van der Waals surface area (Å²) in [4.78, 5) is 23.0. The third-order valence-electron chi connectivity index (χ3n) is 1.95. The van der Waals surface area contributed by atoms with Gasteiger partial charge in [-0.15, -0.1) is 0 Å². The predicted molar refractivity (Wildman–Crippen MR) is 55.9 cm³/mol. The highest BCUT2D eigenvalue weighted by molar-refractivity contribution is 5.92. The third kappa shape index (κ3) is 4.17. The topological polar surface area (TPSA) is 92.1 Å². The minimum Gasteiger partial charge on any atom is -0.329 e. The summed E-state index contributed by atoms with van der Waals surface area (Å²) in [7, 11) is 0. The van der Waals surface area contributed by atoms with Crippen LogP contribution in [-0.4, -0.2) is 46.8 Å². The molecule has 0 saturated carbocycles. The summed E-state index contributed by atoms with van der Waals surface area (Å²) in [6.07, 6.45) is -4.52. The van der Waals surface area contributed by atoms with E-state index >= 15 is 0 Å². The molecule has 1 amide bonds. The van der Waals surface area contributed by atoms with Crippen molar-refractivity contribution in [2.75, 3.05) is 19.6 Å². The van der Waals surface area contributed by atoms with Crippen LogP contribution < -0.4 is 11.3 Å². The second-order valence-corrected chi connectivity index (χ2v) is 3.44. The van der Waals surface area contributed by atoms with Crippen molar-refractivity contribution in [1.82, 2.24) is 15.1 Å². The van der Waals surface area contributed by atoms with Crippen LogP contribution in [0.4, 0.5) is 13.2 Å². The fourth-order valence-corrected chi connectivity index (χ4v) is 1.25. The average Bonchev–Trinajstić information content (AvgIpc) is 2.27. The van der Waals surface area contributed by atoms with Crippen LogP contribution in [0.1, 0.15) is 10.5 Å². The van der Waals surface area contributed by atoms with E-state index in [4.69, 9.17) is 5.73 Å². The number of rotatable bonds is 4. The number of hydrogen-bond acceptors (Lipinski definition) is 4. The van der Waals surface area contributed by atoms with E-state index in [1.165, 1.54) is 0 Å². The van der Waals surface area contributed by atoms with Gasteiger partial charge in [0, 0.05) is 19.2 Å². The number of alkyl halides is 3. The molecule has 1 aromatic heterocycles. The molecule has 0 unspecified atom stereocenters. The average molecular weight is 264 g/mol. The first kappa shape index (κ1) is 14.2. The Kier molecular flexibility index (Phi) is 4.43. The van der Waals surface area contributed by atoms with Gasteiger partial charge in [-0.05, 0) is 6.07 Å². The zero-order valence-electron chi connectivity index (χ0n) is 9.20. The number of aromatic nitrogens is 2. The molecular formula is C9H11F3N4O2. The number of aromatic amines is 1. The zero-order valence-corrected chi connectivity index (χ0v) is 9.20. The number of H-pyrrole nitrogens is 1. The molecule has 3 N–H and O–H groups in total. The summed E-state index contributed by atoms with van der Waals surface area (Å²) in [5, 5.41) is 5.35. The first-order valence-corrected chi connectivity index (χ1v) is 4.95. The minimum absolute atomic E-state index is 0.106. The van der Waals surface area contributed by atoms with Crippen molar-refractivity contribution in [3.8, 4) is 0 Å². The number of nitrogens with zero attached hydrogens (tertiary/aromatic N) is 2. The van der Waals surface area contributed by atoms with Crippen molar-refractivity contribution in [1.29, 1.82) is 0 Å². The van der Waals surface area contributed by atoms with E-state index in [2.05, 4.69) is 5.10 Å². The molecule has 0 aliphatic carbocycles. The molecule has 1 aromatic rings. The molecule has 0 saturated heterocycles. The van der Waals surface area contributed by atoms with Gasteiger partial charge in [0.1, 0.15) is 12.2 Å². The van der Waals surface area contributed by atoms with Crippen molar-refractivity contribution in [2.45, 2.75) is 6.18 Å². The molecule has 0 aliphatic rings. The van der Waals surface area contributed by atoms with Gasteiger partial charge in [-0.25, -0.2) is 5.10 Å². The first-order valence-electron chi connectivity index (χ1n) is 4.95. The quantitative estimate of drug-likeness (QED) is 0.783. The van der Waals surface area contributed by atoms with Crippen molar-refractivity contribution in [2.24, 2.45) is 5.73 Å². The van der Waals surface area contributed by atoms with Crippen LogP contribution in [0.15, 0.2) is 16.9 Å². The van der Waals surface area contributed by atoms with Gasteiger partial charge in [-0.1, -0.05) is 0 Å². The van der Waals surface area contributed by atoms with Crippen molar-refractivity contribution in [3.05, 3.63) is 28.2 Å². The molecule has 0 atom stereocenters. The summed E-state index contributed by atoms with van der Waals surface area (Å²) < 4.78 is 36.8. The number of carbonyl (C=O) groups excluding carboxylic acids is 1. The minimum atomic E-state index is -4.52. The van der Waals surface area contributed by atoms with Crippen LogP contribution in [-0.2, 0) is 0 Å². The molecule has 1 rings (SSSR count). The lowest BCUT2D eigenvalue weighted by Crippen LogP contribution is -2.42. The Morgan fingerprint density at radius 3 is 2.56 bits per heavy atom. The third-order valence-corrected chi connectivity index (χ3v) is 1.95. The van der Waals surface area contributed by atoms with E-state index < -0.39 is 24.2 Å². The fraction of sp³-hybridized carbons (Fsp3) is 0.444. The Morgan fingerprint density at radius 1 is 1.44 bits per heavy atom. The molecule has 0 bridgehead atoms. The molecular weight excluding hydrogens is 253 g/mol. The fourth-order valence-electron chi connectivity index (χ4n) is 1.25. The van der Waals surface area contributed by atoms with E-state index in [-0.39, 0.29) is 18.8 Å². The second-order valence-electron chi connectivity index (χ2n) is 3.44. The van der Waals surface area contributed by atoms with Gasteiger partial charge in [0.25, 0.3) is 11.5 Å². The Labute approximate surface area is 99.6 Å². The van der Waals surface area contributed by atoms with Gasteiger partial charge in [-0.2, -0.15) is 18.3 Å². The molecule has 0 aromatic carbocycles. The monoisotopic (exact) mass is 264 g/mol. The highest BCUT2D eigenvalue weighted by Crippen LogP contribution is 2.17. The second kappa shape index (κ2) is 5.63. The van der Waals surface area contributed by atoms with Crippen LogP contribution in [0.5, 0.6) is 0 Å². The summed E-state index contributed by atoms with van der Waals surface area (Å²) in [6, 6.07) is 2.06. The maximum Gasteiger partial charge on any atom is 0.406 e. The van der Waals surface area contributed by atoms with Crippen LogP contribution in [0.2, 0.25) is 0 Å². The van der Waals surface area contributed by atoms with Gasteiger partial charge < -0.3 is 10.6 Å². The lowest BCUT2D eigenvalue weighted by atomic mass is 10.3. The smallest absolute Gasteiger partial charge is 0.329 e. The highest BCUT2D eigenvalue weighted by Gasteiger charge is 2.33. The van der Waals surface area contributed by atoms with E-state index in [0.717, 1.165) is 12.1 Å². The number of carbonyl (C=O) groups is 1. The number of hydrogen-bond donors (Lipinski definition) is 2. The standard InChI is InChI=1S/C9H11F3N4O2/c10-9(11,12)5-16(4-3-13)8(18)6-1-2-7(17)15-14-6/h1-2H,3-5,13H2,(H,15,17). The highest BCUT2D eigenvalue weighted by atomic mass is 19.4. The van der Waals surface area contributed by atoms with Crippen LogP contribution in [0.3, 0.4) is 0 Å². The molecule has 0 fully saturated rings. The maximum atomic E-state index is 12.3. The SMILES string of the molecule is NCCN(CC(F)(F)F)C(=O)c1ccc(=O)[nH]n1. The molecule has 100 valence electrons. The number of amides is 1. The Balaban J connectivity index is 2.88. The van der Waals surface area contributed by atoms with Crippen LogP contribution in [0.25, 0.3) is 0 Å². The van der Waals surface area contributed by atoms with Gasteiger partial charge in [-0.3, -0.25) is 9.59 Å². The number of nitrogens with one attached hydrogen (secondary N) is 1. The van der Waals surface area contributed by atoms with Gasteiger partial charge >= 0.3 is 6.18 Å². The Morgan fingerprint density at radius 2 is 2.11 bits per heavy atom. The van der Waals surface area contributed by atoms with Crippen molar-refractivity contribution >= 4 is 5.91 Å². The lowest BCUT2D eigenvalue weighted by Gasteiger charge is -2.22. The Bertz CT molecular complexity index is 451. The van der Waals surface area contributed by atoms with E-state index in [1.807, 2.05) is 5.10 Å². The molecule has 0 aliphatic heterocycles. The van der Waals surface area contributed by atoms with E-state index in [9.17, 15) is 22.8 Å². The molecule has 18 heavy (non-hydrogen) atoms. The summed E-state index contributed by atoms with van der Waals surface area (Å²) >= 11 is 0. The molecule has 1 heterocycles. The molecule has 0 spiro atoms. The Hall–Kier alpha value is -1.90. The van der Waals surface area contributed by atoms with Crippen LogP contribution in [0, 0.1) is 0 Å². The maximum absolute atomic E-state index is 12.3. The summed E-state index contributed by atoms with van der Waals surface area (Å²) in [5.74, 6) is -0.936. The molecule has 0 radical (unpaired) electrons. The number of halogens is 3. The van der Waals surface area contributed by atoms with Gasteiger partial charge in [0.2, 0.25) is 0 Å². The van der Waals surface area contributed by atoms with E-state index in [0.29, 0.717) is 4.90 Å². The van der Waals surface area contributed by atoms with Crippen LogP contribution >= 0.6 is 0 Å². The van der Waals surface area contributed by atoms with Crippen molar-refractivity contribution in [3.63, 3.8) is 0 Å². The van der Waals surface area contributed by atoms with E-state index in [1.54, 1.807) is 0 Å². The van der Waals surface area contributed by atoms with Gasteiger partial charge in [0.05, 0.1) is 0 Å². The van der Waals surface area contributed by atoms with Crippen molar-refractivity contribution < 1.29 is 18.0 Å². The number of nitrogens with two attached hydrogens (primary N) is 1. The predicted octanol–water partition coefficient (Wildman–Crippen LogP) is -0.267. The first-order chi connectivity index (χ1) is 8.33.